The molecule has 1 atom stereocenters. The first-order chi connectivity index (χ1) is 13.8. The summed E-state index contributed by atoms with van der Waals surface area (Å²) in [6.07, 6.45) is 8.46. The molecule has 7 nitrogen and oxygen atoms in total. The molecule has 0 spiro atoms. The van der Waals surface area contributed by atoms with E-state index in [2.05, 4.69) is 27.0 Å². The van der Waals surface area contributed by atoms with Crippen LogP contribution in [0.25, 0.3) is 0 Å². The number of aromatic amines is 1. The van der Waals surface area contributed by atoms with Gasteiger partial charge in [0.15, 0.2) is 0 Å². The highest BCUT2D eigenvalue weighted by Crippen LogP contribution is 2.31. The summed E-state index contributed by atoms with van der Waals surface area (Å²) in [6, 6.07) is 3.65. The van der Waals surface area contributed by atoms with E-state index in [1.54, 1.807) is 6.20 Å². The minimum absolute atomic E-state index is 0.189. The Kier molecular flexibility index (Phi) is 6.02. The lowest BCUT2D eigenvalue weighted by molar-refractivity contribution is -0.140. The molecule has 2 aliphatic rings. The summed E-state index contributed by atoms with van der Waals surface area (Å²) in [7, 11) is 0. The second-order valence-corrected chi connectivity index (χ2v) is 7.60. The van der Waals surface area contributed by atoms with Crippen LogP contribution in [0.5, 0.6) is 0 Å². The Morgan fingerprint density at radius 1 is 1.25 bits per heavy atom. The second-order valence-electron chi connectivity index (χ2n) is 7.60. The molecule has 0 bridgehead atoms. The van der Waals surface area contributed by atoms with Crippen molar-refractivity contribution in [2.24, 2.45) is 0 Å². The molecule has 1 amide bonds. The van der Waals surface area contributed by atoms with E-state index in [9.17, 15) is 4.79 Å². The van der Waals surface area contributed by atoms with Crippen molar-refractivity contribution in [1.29, 1.82) is 0 Å². The maximum atomic E-state index is 13.5. The first-order valence-corrected chi connectivity index (χ1v) is 10.3. The maximum Gasteiger partial charge on any atom is 0.244 e. The lowest BCUT2D eigenvalue weighted by Gasteiger charge is -2.39. The fourth-order valence-electron chi connectivity index (χ4n) is 4.40. The molecule has 150 valence electrons. The van der Waals surface area contributed by atoms with Crippen molar-refractivity contribution in [2.45, 2.75) is 38.1 Å². The number of hydrogen-bond donors (Lipinski definition) is 1. The zero-order valence-electron chi connectivity index (χ0n) is 16.5. The largest absolute Gasteiger partial charge is 0.379 e. The highest BCUT2D eigenvalue weighted by Gasteiger charge is 2.34. The van der Waals surface area contributed by atoms with Gasteiger partial charge in [-0.05, 0) is 36.5 Å². The van der Waals surface area contributed by atoms with Crippen LogP contribution < -0.4 is 0 Å². The van der Waals surface area contributed by atoms with Crippen LogP contribution >= 0.6 is 0 Å². The average Bonchev–Trinajstić information content (AvgIpc) is 3.24. The number of H-pyrrole nitrogens is 1. The van der Waals surface area contributed by atoms with Gasteiger partial charge in [0, 0.05) is 50.2 Å². The van der Waals surface area contributed by atoms with Crippen LogP contribution in [0.3, 0.4) is 0 Å². The fraction of sp³-hybridized carbons (Fsp3) is 0.571. The Morgan fingerprint density at radius 3 is 2.71 bits per heavy atom. The number of amides is 1. The number of hydrogen-bond acceptors (Lipinski definition) is 5. The normalized spacial score (nSPS) is 20.2. The minimum Gasteiger partial charge on any atom is -0.379 e. The van der Waals surface area contributed by atoms with Crippen molar-refractivity contribution in [3.8, 4) is 0 Å². The summed E-state index contributed by atoms with van der Waals surface area (Å²) >= 11 is 0. The van der Waals surface area contributed by atoms with Crippen LogP contribution in [0.1, 0.15) is 48.5 Å². The van der Waals surface area contributed by atoms with E-state index in [4.69, 9.17) is 4.74 Å². The molecule has 0 aromatic carbocycles. The zero-order valence-corrected chi connectivity index (χ0v) is 16.5. The van der Waals surface area contributed by atoms with Crippen molar-refractivity contribution in [1.82, 2.24) is 25.0 Å². The van der Waals surface area contributed by atoms with Crippen molar-refractivity contribution in [2.75, 3.05) is 39.4 Å². The number of aryl methyl sites for hydroxylation is 1. The Balaban J connectivity index is 1.47. The van der Waals surface area contributed by atoms with Crippen LogP contribution in [0, 0.1) is 0 Å². The van der Waals surface area contributed by atoms with Crippen molar-refractivity contribution >= 4 is 5.91 Å². The molecule has 4 rings (SSSR count). The number of pyridine rings is 1. The van der Waals surface area contributed by atoms with E-state index in [1.165, 1.54) is 11.3 Å². The van der Waals surface area contributed by atoms with Gasteiger partial charge in [-0.15, -0.1) is 0 Å². The number of piperidine rings is 1. The fourth-order valence-corrected chi connectivity index (χ4v) is 4.40. The Bertz CT molecular complexity index is 764. The monoisotopic (exact) mass is 383 g/mol. The summed E-state index contributed by atoms with van der Waals surface area (Å²) in [5.41, 5.74) is 3.52. The van der Waals surface area contributed by atoms with E-state index in [0.717, 1.165) is 51.0 Å². The number of aromatic nitrogens is 3. The number of ether oxygens (including phenoxy) is 1. The summed E-state index contributed by atoms with van der Waals surface area (Å²) in [4.78, 5) is 22.0. The highest BCUT2D eigenvalue weighted by atomic mass is 16.5. The standard InChI is InChI=1S/C21H29N5O2/c1-2-16-15-23-24-19(16)17-5-8-26(9-6-17)21(27)20(18-4-3-7-22-14-18)25-10-12-28-13-11-25/h3-4,7,14-15,17,20H,2,5-6,8-13H2,1H3,(H,23,24)/t20-/m1/s1. The Hall–Kier alpha value is -2.25. The van der Waals surface area contributed by atoms with Crippen LogP contribution in [0.2, 0.25) is 0 Å². The van der Waals surface area contributed by atoms with Gasteiger partial charge in [0.2, 0.25) is 5.91 Å². The Morgan fingerprint density at radius 2 is 2.04 bits per heavy atom. The summed E-state index contributed by atoms with van der Waals surface area (Å²) in [5.74, 6) is 0.649. The third-order valence-corrected chi connectivity index (χ3v) is 5.99. The quantitative estimate of drug-likeness (QED) is 0.856. The molecule has 0 radical (unpaired) electrons. The molecule has 0 aliphatic carbocycles. The molecule has 2 aromatic heterocycles. The van der Waals surface area contributed by atoms with Gasteiger partial charge in [-0.25, -0.2) is 0 Å². The molecule has 7 heteroatoms. The average molecular weight is 383 g/mol. The molecular weight excluding hydrogens is 354 g/mol. The van der Waals surface area contributed by atoms with Crippen LogP contribution in [0.15, 0.2) is 30.7 Å². The number of carbonyl (C=O) groups excluding carboxylic acids is 1. The van der Waals surface area contributed by atoms with E-state index in [1.807, 2.05) is 29.4 Å². The molecular formula is C21H29N5O2. The van der Waals surface area contributed by atoms with Gasteiger partial charge in [-0.2, -0.15) is 5.10 Å². The molecule has 28 heavy (non-hydrogen) atoms. The molecule has 2 fully saturated rings. The van der Waals surface area contributed by atoms with Gasteiger partial charge in [0.25, 0.3) is 0 Å². The van der Waals surface area contributed by atoms with E-state index in [-0.39, 0.29) is 11.9 Å². The summed E-state index contributed by atoms with van der Waals surface area (Å²) < 4.78 is 5.50. The van der Waals surface area contributed by atoms with Crippen LogP contribution in [0.4, 0.5) is 0 Å². The first kappa shape index (κ1) is 19.1. The van der Waals surface area contributed by atoms with Crippen molar-refractivity contribution in [3.05, 3.63) is 47.5 Å². The molecule has 1 N–H and O–H groups in total. The van der Waals surface area contributed by atoms with E-state index >= 15 is 0 Å². The molecule has 2 aromatic rings. The number of morpholine rings is 1. The Labute approximate surface area is 166 Å². The lowest BCUT2D eigenvalue weighted by Crippen LogP contribution is -2.49. The maximum absolute atomic E-state index is 13.5. The minimum atomic E-state index is -0.271. The molecule has 0 saturated carbocycles. The number of nitrogens with zero attached hydrogens (tertiary/aromatic N) is 4. The zero-order chi connectivity index (χ0) is 19.3. The number of carbonyl (C=O) groups is 1. The summed E-state index contributed by atoms with van der Waals surface area (Å²) in [6.45, 7) is 6.62. The van der Waals surface area contributed by atoms with Crippen molar-refractivity contribution in [3.63, 3.8) is 0 Å². The molecule has 4 heterocycles. The van der Waals surface area contributed by atoms with Gasteiger partial charge >= 0.3 is 0 Å². The van der Waals surface area contributed by atoms with Crippen molar-refractivity contribution < 1.29 is 9.53 Å². The van der Waals surface area contributed by atoms with Gasteiger partial charge in [-0.1, -0.05) is 13.0 Å². The molecule has 2 aliphatic heterocycles. The van der Waals surface area contributed by atoms with Gasteiger partial charge in [-0.3, -0.25) is 19.8 Å². The van der Waals surface area contributed by atoms with Crippen LogP contribution in [-0.2, 0) is 16.0 Å². The second kappa shape index (κ2) is 8.84. The predicted octanol–water partition coefficient (Wildman–Crippen LogP) is 2.15. The van der Waals surface area contributed by atoms with Gasteiger partial charge in [0.05, 0.1) is 19.4 Å². The van der Waals surface area contributed by atoms with Gasteiger partial charge < -0.3 is 9.64 Å². The third-order valence-electron chi connectivity index (χ3n) is 5.99. The smallest absolute Gasteiger partial charge is 0.244 e. The van der Waals surface area contributed by atoms with Crippen LogP contribution in [-0.4, -0.2) is 70.3 Å². The topological polar surface area (TPSA) is 74.4 Å². The predicted molar refractivity (Wildman–Crippen MR) is 106 cm³/mol. The van der Waals surface area contributed by atoms with E-state index < -0.39 is 0 Å². The lowest BCUT2D eigenvalue weighted by atomic mass is 9.90. The third kappa shape index (κ3) is 3.95. The molecule has 0 unspecified atom stereocenters. The highest BCUT2D eigenvalue weighted by molar-refractivity contribution is 5.83. The SMILES string of the molecule is CCc1cn[nH]c1C1CCN(C(=O)[C@@H](c2cccnc2)N2CCOCC2)CC1. The van der Waals surface area contributed by atoms with E-state index in [0.29, 0.717) is 19.1 Å². The first-order valence-electron chi connectivity index (χ1n) is 10.3. The number of rotatable bonds is 5. The summed E-state index contributed by atoms with van der Waals surface area (Å²) in [5, 5.41) is 7.41. The molecule has 2 saturated heterocycles. The number of likely N-dealkylation sites (tertiary alicyclic amines) is 1. The number of nitrogens with one attached hydrogen (secondary N) is 1. The van der Waals surface area contributed by atoms with Gasteiger partial charge in [0.1, 0.15) is 6.04 Å².